The maximum Gasteiger partial charge on any atom is 0.221 e. The maximum absolute atomic E-state index is 13.2. The molecule has 15 heavy (non-hydrogen) atoms. The zero-order chi connectivity index (χ0) is 11.3. The third-order valence-corrected chi connectivity index (χ3v) is 1.82. The molecule has 0 aliphatic heterocycles. The minimum Gasteiger partial charge on any atom is -0.369 e. The van der Waals surface area contributed by atoms with Crippen LogP contribution in [0.3, 0.4) is 0 Å². The average Bonchev–Trinajstić information content (AvgIpc) is 2.20. The summed E-state index contributed by atoms with van der Waals surface area (Å²) in [5.74, 6) is -1.00. The number of nitrogens with two attached hydrogens (primary N) is 1. The summed E-state index contributed by atoms with van der Waals surface area (Å²) in [4.78, 5) is 21.0. The van der Waals surface area contributed by atoms with E-state index in [0.717, 1.165) is 0 Å². The van der Waals surface area contributed by atoms with Gasteiger partial charge in [0.15, 0.2) is 6.29 Å². The Balaban J connectivity index is 2.97. The SMILES string of the molecule is NC(=O)CC=Cc1c(F)cccc1C=O. The van der Waals surface area contributed by atoms with Crippen molar-refractivity contribution in [2.45, 2.75) is 6.42 Å². The van der Waals surface area contributed by atoms with Crippen molar-refractivity contribution < 1.29 is 14.0 Å². The Hall–Kier alpha value is -1.97. The second kappa shape index (κ2) is 5.05. The van der Waals surface area contributed by atoms with Crippen LogP contribution < -0.4 is 5.73 Å². The van der Waals surface area contributed by atoms with Gasteiger partial charge in [0.25, 0.3) is 0 Å². The van der Waals surface area contributed by atoms with Gasteiger partial charge in [-0.2, -0.15) is 0 Å². The molecule has 0 aliphatic rings. The highest BCUT2D eigenvalue weighted by Crippen LogP contribution is 2.13. The standard InChI is InChI=1S/C11H10FNO2/c12-10-5-1-3-8(7-14)9(10)4-2-6-11(13)15/h1-5,7H,6H2,(H2,13,15). The van der Waals surface area contributed by atoms with E-state index in [-0.39, 0.29) is 17.5 Å². The molecule has 2 N–H and O–H groups in total. The molecule has 78 valence electrons. The predicted octanol–water partition coefficient (Wildman–Crippen LogP) is 1.53. The molecule has 1 amide bonds. The van der Waals surface area contributed by atoms with Crippen LogP contribution in [0.25, 0.3) is 6.08 Å². The van der Waals surface area contributed by atoms with Crippen LogP contribution in [0.2, 0.25) is 0 Å². The van der Waals surface area contributed by atoms with Crippen molar-refractivity contribution in [2.24, 2.45) is 5.73 Å². The average molecular weight is 207 g/mol. The normalized spacial score (nSPS) is 10.5. The lowest BCUT2D eigenvalue weighted by Gasteiger charge is -1.99. The first kappa shape index (κ1) is 11.1. The van der Waals surface area contributed by atoms with E-state index in [2.05, 4.69) is 0 Å². The van der Waals surface area contributed by atoms with Gasteiger partial charge >= 0.3 is 0 Å². The smallest absolute Gasteiger partial charge is 0.221 e. The molecule has 0 saturated carbocycles. The van der Waals surface area contributed by atoms with Crippen molar-refractivity contribution in [3.8, 4) is 0 Å². The largest absolute Gasteiger partial charge is 0.369 e. The summed E-state index contributed by atoms with van der Waals surface area (Å²) in [6.45, 7) is 0. The Morgan fingerprint density at radius 1 is 1.47 bits per heavy atom. The van der Waals surface area contributed by atoms with Gasteiger partial charge in [0, 0.05) is 17.5 Å². The van der Waals surface area contributed by atoms with Crippen molar-refractivity contribution in [1.82, 2.24) is 0 Å². The van der Waals surface area contributed by atoms with E-state index in [1.165, 1.54) is 30.4 Å². The molecule has 0 bridgehead atoms. The van der Waals surface area contributed by atoms with Crippen molar-refractivity contribution in [3.63, 3.8) is 0 Å². The first-order valence-electron chi connectivity index (χ1n) is 4.33. The second-order valence-electron chi connectivity index (χ2n) is 2.93. The number of rotatable bonds is 4. The number of carbonyl (C=O) groups is 2. The van der Waals surface area contributed by atoms with Crippen LogP contribution in [0.5, 0.6) is 0 Å². The summed E-state index contributed by atoms with van der Waals surface area (Å²) < 4.78 is 13.2. The molecule has 0 aliphatic carbocycles. The van der Waals surface area contributed by atoms with Crippen molar-refractivity contribution in [2.75, 3.05) is 0 Å². The fourth-order valence-electron chi connectivity index (χ4n) is 1.13. The Morgan fingerprint density at radius 3 is 2.80 bits per heavy atom. The molecule has 4 heteroatoms. The summed E-state index contributed by atoms with van der Waals surface area (Å²) in [5.41, 5.74) is 5.33. The quantitative estimate of drug-likeness (QED) is 0.761. The fraction of sp³-hybridized carbons (Fsp3) is 0.0909. The third-order valence-electron chi connectivity index (χ3n) is 1.82. The molecule has 1 aromatic carbocycles. The molecule has 1 aromatic rings. The lowest BCUT2D eigenvalue weighted by Crippen LogP contribution is -2.08. The van der Waals surface area contributed by atoms with Gasteiger partial charge in [-0.25, -0.2) is 4.39 Å². The first-order valence-corrected chi connectivity index (χ1v) is 4.33. The van der Waals surface area contributed by atoms with Crippen LogP contribution in [0.15, 0.2) is 24.3 Å². The van der Waals surface area contributed by atoms with E-state index < -0.39 is 11.7 Å². The lowest BCUT2D eigenvalue weighted by molar-refractivity contribution is -0.117. The molecule has 0 aromatic heterocycles. The van der Waals surface area contributed by atoms with Crippen LogP contribution in [-0.4, -0.2) is 12.2 Å². The number of hydrogen-bond donors (Lipinski definition) is 1. The van der Waals surface area contributed by atoms with Gasteiger partial charge in [-0.15, -0.1) is 0 Å². The molecule has 0 saturated heterocycles. The molecule has 0 atom stereocenters. The molecule has 0 fully saturated rings. The second-order valence-corrected chi connectivity index (χ2v) is 2.93. The number of hydrogen-bond acceptors (Lipinski definition) is 2. The molecule has 0 spiro atoms. The molecular formula is C11H10FNO2. The molecule has 0 unspecified atom stereocenters. The summed E-state index contributed by atoms with van der Waals surface area (Å²) in [5, 5.41) is 0. The number of aldehydes is 1. The Morgan fingerprint density at radius 2 is 2.20 bits per heavy atom. The summed E-state index contributed by atoms with van der Waals surface area (Å²) in [6, 6.07) is 4.20. The van der Waals surface area contributed by atoms with Gasteiger partial charge in [0.2, 0.25) is 5.91 Å². The Kier molecular flexibility index (Phi) is 3.74. The van der Waals surface area contributed by atoms with Gasteiger partial charge < -0.3 is 5.73 Å². The van der Waals surface area contributed by atoms with Crippen LogP contribution in [-0.2, 0) is 4.79 Å². The highest BCUT2D eigenvalue weighted by Gasteiger charge is 2.03. The summed E-state index contributed by atoms with van der Waals surface area (Å²) in [6.07, 6.45) is 3.39. The lowest BCUT2D eigenvalue weighted by atomic mass is 10.1. The van der Waals surface area contributed by atoms with Gasteiger partial charge in [-0.3, -0.25) is 9.59 Å². The predicted molar refractivity (Wildman–Crippen MR) is 54.6 cm³/mol. The highest BCUT2D eigenvalue weighted by atomic mass is 19.1. The van der Waals surface area contributed by atoms with E-state index in [0.29, 0.717) is 6.29 Å². The number of benzene rings is 1. The molecule has 0 radical (unpaired) electrons. The van der Waals surface area contributed by atoms with Crippen LogP contribution >= 0.6 is 0 Å². The van der Waals surface area contributed by atoms with Crippen LogP contribution in [0.1, 0.15) is 22.3 Å². The van der Waals surface area contributed by atoms with E-state index in [1.54, 1.807) is 0 Å². The summed E-state index contributed by atoms with van der Waals surface area (Å²) >= 11 is 0. The van der Waals surface area contributed by atoms with E-state index in [1.807, 2.05) is 0 Å². The Bertz CT molecular complexity index is 413. The van der Waals surface area contributed by atoms with Crippen molar-refractivity contribution in [1.29, 1.82) is 0 Å². The van der Waals surface area contributed by atoms with Gasteiger partial charge in [0.05, 0.1) is 0 Å². The van der Waals surface area contributed by atoms with Crippen LogP contribution in [0, 0.1) is 5.82 Å². The molecule has 0 heterocycles. The van der Waals surface area contributed by atoms with E-state index >= 15 is 0 Å². The maximum atomic E-state index is 13.2. The Labute approximate surface area is 86.4 Å². The third kappa shape index (κ3) is 3.02. The molecule has 1 rings (SSSR count). The highest BCUT2D eigenvalue weighted by molar-refractivity contribution is 5.83. The number of primary amides is 1. The monoisotopic (exact) mass is 207 g/mol. The van der Waals surface area contributed by atoms with Crippen molar-refractivity contribution >= 4 is 18.3 Å². The fourth-order valence-corrected chi connectivity index (χ4v) is 1.13. The molecular weight excluding hydrogens is 197 g/mol. The first-order chi connectivity index (χ1) is 7.15. The minimum atomic E-state index is -0.504. The zero-order valence-electron chi connectivity index (χ0n) is 7.94. The minimum absolute atomic E-state index is 0.0205. The van der Waals surface area contributed by atoms with Gasteiger partial charge in [-0.05, 0) is 6.07 Å². The van der Waals surface area contributed by atoms with E-state index in [4.69, 9.17) is 5.73 Å². The number of carbonyl (C=O) groups excluding carboxylic acids is 2. The zero-order valence-corrected chi connectivity index (χ0v) is 7.94. The van der Waals surface area contributed by atoms with E-state index in [9.17, 15) is 14.0 Å². The van der Waals surface area contributed by atoms with Gasteiger partial charge in [-0.1, -0.05) is 24.3 Å². The number of amides is 1. The topological polar surface area (TPSA) is 60.2 Å². The number of halogens is 1. The summed E-state index contributed by atoms with van der Waals surface area (Å²) in [7, 11) is 0. The van der Waals surface area contributed by atoms with Crippen LogP contribution in [0.4, 0.5) is 4.39 Å². The van der Waals surface area contributed by atoms with Gasteiger partial charge in [0.1, 0.15) is 5.82 Å². The van der Waals surface area contributed by atoms with Crippen molar-refractivity contribution in [3.05, 3.63) is 41.2 Å². The molecule has 3 nitrogen and oxygen atoms in total.